The highest BCUT2D eigenvalue weighted by molar-refractivity contribution is 5.93. The molecule has 2 aromatic rings. The van der Waals surface area contributed by atoms with Crippen molar-refractivity contribution >= 4 is 11.6 Å². The first-order valence-electron chi connectivity index (χ1n) is 16.5. The maximum Gasteiger partial charge on any atom is 0.238 e. The van der Waals surface area contributed by atoms with Gasteiger partial charge in [0.05, 0.1) is 21.8 Å². The molecule has 168 valence electrons. The number of benzene rings is 2. The Labute approximate surface area is 204 Å². The maximum absolute atomic E-state index is 13.1. The van der Waals surface area contributed by atoms with Crippen LogP contribution in [0, 0.1) is 13.7 Å². The zero-order valence-corrected chi connectivity index (χ0v) is 16.6. The largest absolute Gasteiger partial charge is 0.493 e. The van der Waals surface area contributed by atoms with Crippen LogP contribution in [0.5, 0.6) is 11.5 Å². The number of aryl methyl sites for hydroxylation is 2. The third-order valence-electron chi connectivity index (χ3n) is 4.45. The number of piperazine rings is 1. The van der Waals surface area contributed by atoms with E-state index < -0.39 is 69.1 Å². The van der Waals surface area contributed by atoms with Crippen molar-refractivity contribution in [3.05, 3.63) is 53.6 Å². The number of nitrogens with zero attached hydrogens (tertiary/aromatic N) is 2. The second kappa shape index (κ2) is 11.1. The highest BCUT2D eigenvalue weighted by atomic mass is 16.5. The minimum Gasteiger partial charge on any atom is -0.493 e. The summed E-state index contributed by atoms with van der Waals surface area (Å²) in [6, 6.07) is 8.98. The van der Waals surface area contributed by atoms with E-state index in [4.69, 9.17) is 28.7 Å². The Kier molecular flexibility index (Phi) is 3.88. The van der Waals surface area contributed by atoms with E-state index in [-0.39, 0.29) is 37.7 Å². The van der Waals surface area contributed by atoms with Crippen molar-refractivity contribution in [1.29, 1.82) is 0 Å². The Morgan fingerprint density at radius 3 is 2.48 bits per heavy atom. The fourth-order valence-corrected chi connectivity index (χ4v) is 2.92. The topological polar surface area (TPSA) is 74.3 Å². The number of carbonyl (C=O) groups is 1. The van der Waals surface area contributed by atoms with Gasteiger partial charge in [0.15, 0.2) is 11.5 Å². The molecule has 1 unspecified atom stereocenters. The summed E-state index contributed by atoms with van der Waals surface area (Å²) in [5.74, 6) is -1.71. The number of anilines is 1. The van der Waals surface area contributed by atoms with Crippen molar-refractivity contribution in [2.24, 2.45) is 0 Å². The fraction of sp³-hybridized carbons (Fsp3) is 0.458. The lowest BCUT2D eigenvalue weighted by Crippen LogP contribution is -2.50. The third-order valence-corrected chi connectivity index (χ3v) is 4.45. The molecule has 2 N–H and O–H groups in total. The van der Waals surface area contributed by atoms with Crippen molar-refractivity contribution < 1.29 is 38.6 Å². The average molecular weight is 442 g/mol. The zero-order valence-electron chi connectivity index (χ0n) is 30.6. The first-order chi connectivity index (χ1) is 20.4. The molecular weight excluding hydrogens is 394 g/mol. The number of β-amino-alcohol motifs (C(OH)–C–C–N with tert-alkyl or cyclic N) is 1. The number of para-hydroxylation sites is 3. The van der Waals surface area contributed by atoms with Crippen molar-refractivity contribution in [2.45, 2.75) is 19.8 Å². The van der Waals surface area contributed by atoms with E-state index in [2.05, 4.69) is 5.32 Å². The molecule has 3 rings (SSSR count). The zero-order chi connectivity index (χ0) is 34.2. The normalized spacial score (nSPS) is 25.8. The molecule has 1 aliphatic rings. The number of carbonyl (C=O) groups excluding carboxylic acids is 1. The number of amides is 1. The second-order valence-electron chi connectivity index (χ2n) is 6.66. The maximum atomic E-state index is 13.1. The van der Waals surface area contributed by atoms with Crippen LogP contribution < -0.4 is 14.8 Å². The van der Waals surface area contributed by atoms with Gasteiger partial charge in [-0.1, -0.05) is 30.3 Å². The van der Waals surface area contributed by atoms with Gasteiger partial charge in [0.25, 0.3) is 0 Å². The Morgan fingerprint density at radius 2 is 1.81 bits per heavy atom. The molecule has 1 amide bonds. The Hall–Kier alpha value is -2.61. The van der Waals surface area contributed by atoms with E-state index in [0.717, 1.165) is 21.9 Å². The number of nitrogens with one attached hydrogen (secondary N) is 1. The number of methoxy groups -OCH3 is 1. The standard InChI is InChI=1S/C24H33N3O4/c1-18-7-6-8-19(2)24(18)25-23(29)16-27-13-11-26(12-14-27)15-20(28)17-31-22-10-5-4-9-21(22)30-3/h4-10,20,28H,11-17H2,1-3H3,(H,25,29)/i1D3,2D3,3D3,15D2,16D2,20D. The van der Waals surface area contributed by atoms with Crippen molar-refractivity contribution in [3.63, 3.8) is 0 Å². The lowest BCUT2D eigenvalue weighted by molar-refractivity contribution is -0.117. The lowest BCUT2D eigenvalue weighted by atomic mass is 10.1. The molecule has 0 spiro atoms. The second-order valence-corrected chi connectivity index (χ2v) is 6.66. The van der Waals surface area contributed by atoms with E-state index in [0.29, 0.717) is 0 Å². The molecule has 0 aliphatic carbocycles. The molecule has 7 nitrogen and oxygen atoms in total. The molecule has 7 heteroatoms. The third kappa shape index (κ3) is 6.69. The van der Waals surface area contributed by atoms with Crippen LogP contribution in [0.25, 0.3) is 0 Å². The number of hydrogen-bond donors (Lipinski definition) is 2. The van der Waals surface area contributed by atoms with Gasteiger partial charge >= 0.3 is 0 Å². The summed E-state index contributed by atoms with van der Waals surface area (Å²) in [7, 11) is -2.82. The molecule has 1 fully saturated rings. The van der Waals surface area contributed by atoms with Crippen LogP contribution in [-0.2, 0) is 4.79 Å². The van der Waals surface area contributed by atoms with Crippen molar-refractivity contribution in [1.82, 2.24) is 9.80 Å². The molecule has 1 heterocycles. The SMILES string of the molecule is [2H]C([2H])([2H])Oc1ccccc1OCC([2H])(O)C([2H])([2H])N1CCN(C([2H])([2H])C(=O)Nc2c(C([2H])([2H])[2H])cccc2C([2H])([2H])[2H])CC1. The van der Waals surface area contributed by atoms with Gasteiger partial charge in [-0.2, -0.15) is 0 Å². The van der Waals surface area contributed by atoms with E-state index in [1.54, 1.807) is 0 Å². The predicted octanol–water partition coefficient (Wildman–Crippen LogP) is 2.31. The molecule has 0 aromatic heterocycles. The van der Waals surface area contributed by atoms with Crippen LogP contribution in [-0.4, -0.2) is 79.7 Å². The smallest absolute Gasteiger partial charge is 0.238 e. The summed E-state index contributed by atoms with van der Waals surface area (Å²) in [5, 5.41) is 12.9. The van der Waals surface area contributed by atoms with Crippen LogP contribution in [0.4, 0.5) is 5.69 Å². The Balaban J connectivity index is 1.72. The van der Waals surface area contributed by atoms with Gasteiger partial charge in [-0.3, -0.25) is 14.6 Å². The molecule has 1 aliphatic heterocycles. The highest BCUT2D eigenvalue weighted by Gasteiger charge is 2.21. The highest BCUT2D eigenvalue weighted by Crippen LogP contribution is 2.25. The molecule has 1 atom stereocenters. The van der Waals surface area contributed by atoms with Gasteiger partial charge in [0.1, 0.15) is 12.7 Å². The monoisotopic (exact) mass is 441 g/mol. The van der Waals surface area contributed by atoms with E-state index in [9.17, 15) is 9.90 Å². The Bertz CT molecular complexity index is 1320. The lowest BCUT2D eigenvalue weighted by Gasteiger charge is -2.35. The van der Waals surface area contributed by atoms with Gasteiger partial charge in [-0.15, -0.1) is 0 Å². The minimum absolute atomic E-state index is 0.152. The summed E-state index contributed by atoms with van der Waals surface area (Å²) in [4.78, 5) is 15.2. The van der Waals surface area contributed by atoms with Gasteiger partial charge in [-0.05, 0) is 37.0 Å². The summed E-state index contributed by atoms with van der Waals surface area (Å²) in [6.07, 6.45) is -2.91. The van der Waals surface area contributed by atoms with E-state index in [1.807, 2.05) is 0 Å². The van der Waals surface area contributed by atoms with E-state index >= 15 is 0 Å². The molecule has 31 heavy (non-hydrogen) atoms. The van der Waals surface area contributed by atoms with Gasteiger partial charge in [-0.25, -0.2) is 0 Å². The summed E-state index contributed by atoms with van der Waals surface area (Å²) in [6.45, 7) is -13.3. The molecule has 0 saturated carbocycles. The van der Waals surface area contributed by atoms with Crippen LogP contribution in [0.2, 0.25) is 0 Å². The quantitative estimate of drug-likeness (QED) is 0.622. The summed E-state index contributed by atoms with van der Waals surface area (Å²) in [5.41, 5.74) is -1.52. The number of rotatable bonds is 9. The van der Waals surface area contributed by atoms with Crippen LogP contribution in [0.1, 0.15) is 30.3 Å². The van der Waals surface area contributed by atoms with Crippen LogP contribution in [0.15, 0.2) is 42.5 Å². The first kappa shape index (κ1) is 10.8. The molecular formula is C24H33N3O4. The van der Waals surface area contributed by atoms with Gasteiger partial charge in [0.2, 0.25) is 5.91 Å². The minimum atomic E-state index is -2.91. The van der Waals surface area contributed by atoms with Crippen molar-refractivity contribution in [2.75, 3.05) is 58.1 Å². The number of ether oxygens (including phenoxy) is 2. The summed E-state index contributed by atoms with van der Waals surface area (Å²) >= 11 is 0. The van der Waals surface area contributed by atoms with Gasteiger partial charge < -0.3 is 19.9 Å². The average Bonchev–Trinajstić information content (AvgIpc) is 2.90. The van der Waals surface area contributed by atoms with E-state index in [1.165, 1.54) is 30.3 Å². The number of hydrogen-bond acceptors (Lipinski definition) is 6. The molecule has 1 saturated heterocycles. The Morgan fingerprint density at radius 1 is 1.13 bits per heavy atom. The van der Waals surface area contributed by atoms with Gasteiger partial charge in [0, 0.05) is 49.3 Å². The number of aliphatic hydroxyl groups is 1. The molecule has 0 radical (unpaired) electrons. The predicted molar refractivity (Wildman–Crippen MR) is 122 cm³/mol. The van der Waals surface area contributed by atoms with Crippen molar-refractivity contribution in [3.8, 4) is 11.5 Å². The fourth-order valence-electron chi connectivity index (χ4n) is 2.92. The van der Waals surface area contributed by atoms with Crippen LogP contribution in [0.3, 0.4) is 0 Å². The summed E-state index contributed by atoms with van der Waals surface area (Å²) < 4.78 is 121. The molecule has 2 aromatic carbocycles. The molecule has 0 bridgehead atoms. The van der Waals surface area contributed by atoms with Crippen LogP contribution >= 0.6 is 0 Å². The first-order valence-corrected chi connectivity index (χ1v) is 9.47.